The van der Waals surface area contributed by atoms with Gasteiger partial charge in [0.1, 0.15) is 17.3 Å². The second kappa shape index (κ2) is 11.1. The van der Waals surface area contributed by atoms with Gasteiger partial charge in [0.15, 0.2) is 0 Å². The zero-order chi connectivity index (χ0) is 35.7. The number of phenolic OH excluding ortho intramolecular Hbond substituents is 1. The Morgan fingerprint density at radius 3 is 2.55 bits per heavy atom. The second-order valence-corrected chi connectivity index (χ2v) is 16.0. The van der Waals surface area contributed by atoms with Gasteiger partial charge in [0.2, 0.25) is 23.6 Å². The lowest BCUT2D eigenvalue weighted by molar-refractivity contribution is -0.140. The Morgan fingerprint density at radius 1 is 0.980 bits per heavy atom. The molecule has 4 heterocycles. The fourth-order valence-electron chi connectivity index (χ4n) is 9.72. The third-order valence-corrected chi connectivity index (χ3v) is 13.7. The van der Waals surface area contributed by atoms with Gasteiger partial charge in [0.05, 0.1) is 28.0 Å². The van der Waals surface area contributed by atoms with Gasteiger partial charge in [-0.2, -0.15) is 5.10 Å². The van der Waals surface area contributed by atoms with Gasteiger partial charge in [0.25, 0.3) is 0 Å². The summed E-state index contributed by atoms with van der Waals surface area (Å²) >= 11 is 7.89. The molecule has 0 spiro atoms. The fraction of sp³-hybridized carbons (Fsp3) is 0.325. The van der Waals surface area contributed by atoms with E-state index in [1.165, 1.54) is 9.80 Å². The van der Waals surface area contributed by atoms with Crippen LogP contribution in [0, 0.1) is 36.0 Å². The van der Waals surface area contributed by atoms with E-state index in [0.717, 1.165) is 36.9 Å². The maximum atomic E-state index is 15.2. The largest absolute Gasteiger partial charge is 0.508 e. The number of carbonyl (C=O) groups excluding carboxylic acids is 4. The van der Waals surface area contributed by atoms with Gasteiger partial charge in [-0.1, -0.05) is 53.6 Å². The van der Waals surface area contributed by atoms with Crippen LogP contribution in [0.2, 0.25) is 5.02 Å². The van der Waals surface area contributed by atoms with Gasteiger partial charge in [-0.3, -0.25) is 28.8 Å². The van der Waals surface area contributed by atoms with Crippen molar-refractivity contribution < 1.29 is 24.3 Å². The number of likely N-dealkylation sites (tertiary alicyclic amines) is 1. The normalized spacial score (nSPS) is 27.4. The van der Waals surface area contributed by atoms with E-state index in [1.54, 1.807) is 42.1 Å². The van der Waals surface area contributed by atoms with Crippen LogP contribution in [0.5, 0.6) is 5.75 Å². The summed E-state index contributed by atoms with van der Waals surface area (Å²) in [5, 5.41) is 19.8. The summed E-state index contributed by atoms with van der Waals surface area (Å²) < 4.78 is 2.63. The number of allylic oxidation sites excluding steroid dienone is 2. The number of halogens is 1. The molecule has 0 bridgehead atoms. The van der Waals surface area contributed by atoms with E-state index in [2.05, 4.69) is 0 Å². The lowest BCUT2D eigenvalue weighted by Crippen LogP contribution is -2.49. The molecule has 11 heteroatoms. The van der Waals surface area contributed by atoms with Crippen molar-refractivity contribution in [1.82, 2.24) is 14.7 Å². The van der Waals surface area contributed by atoms with Crippen LogP contribution in [0.25, 0.3) is 31.4 Å². The molecule has 9 rings (SSSR count). The molecule has 2 aliphatic heterocycles. The molecule has 9 nitrogen and oxygen atoms in total. The summed E-state index contributed by atoms with van der Waals surface area (Å²) in [4.78, 5) is 60.9. The SMILES string of the molecule is CCN1C(=O)[C@H]2[C@H](CC=C3[C@H]2C[C@H]2C(=O)N(c4cc(-c5sc6ccc(Cl)cc6c5C)nn4C)C(=O)[C@@]2(C)[C@H]3c2c(O)ccc3ccccc23)C1=O. The monoisotopic (exact) mass is 718 g/mol. The maximum absolute atomic E-state index is 15.2. The summed E-state index contributed by atoms with van der Waals surface area (Å²) in [5.74, 6) is -3.93. The van der Waals surface area contributed by atoms with Crippen molar-refractivity contribution >= 4 is 73.2 Å². The van der Waals surface area contributed by atoms with Crippen molar-refractivity contribution in [2.24, 2.45) is 36.1 Å². The van der Waals surface area contributed by atoms with Gasteiger partial charge >= 0.3 is 0 Å². The van der Waals surface area contributed by atoms with Gasteiger partial charge in [-0.15, -0.1) is 11.3 Å². The van der Waals surface area contributed by atoms with Gasteiger partial charge in [-0.25, -0.2) is 4.90 Å². The molecule has 3 aromatic carbocycles. The average molecular weight is 719 g/mol. The van der Waals surface area contributed by atoms with Crippen LogP contribution >= 0.6 is 22.9 Å². The molecule has 258 valence electrons. The molecular formula is C40H35ClN4O5S. The lowest BCUT2D eigenvalue weighted by Gasteiger charge is -2.49. The third kappa shape index (κ3) is 4.23. The number of aromatic hydroxyl groups is 1. The number of nitrogens with zero attached hydrogens (tertiary/aromatic N) is 4. The van der Waals surface area contributed by atoms with E-state index in [4.69, 9.17) is 16.7 Å². The van der Waals surface area contributed by atoms with E-state index in [9.17, 15) is 19.5 Å². The number of aryl methyl sites for hydroxylation is 2. The number of benzene rings is 3. The van der Waals surface area contributed by atoms with Gasteiger partial charge in [0, 0.05) is 40.9 Å². The number of carbonyl (C=O) groups is 4. The number of imide groups is 2. The molecule has 3 fully saturated rings. The highest BCUT2D eigenvalue weighted by Gasteiger charge is 2.68. The second-order valence-electron chi connectivity index (χ2n) is 14.5. The molecule has 4 amide bonds. The first-order valence-electron chi connectivity index (χ1n) is 17.3. The molecule has 6 atom stereocenters. The van der Waals surface area contributed by atoms with Crippen molar-refractivity contribution in [2.45, 2.75) is 39.5 Å². The highest BCUT2D eigenvalue weighted by atomic mass is 35.5. The summed E-state index contributed by atoms with van der Waals surface area (Å²) in [6.45, 7) is 5.93. The standard InChI is InChI=1S/C40H35ClN4O5S/c1-5-44-36(47)24-13-12-23-26(32(24)38(44)49)17-27-37(48)45(31-18-28(42-43(31)4)35-19(2)25-16-21(41)11-15-30(25)51-35)39(50)40(27,3)34(23)33-22-9-7-6-8-20(22)10-14-29(33)46/h6-12,14-16,18,24,26-27,32,34,46H,5,13,17H2,1-4H3/t24-,26+,27-,32-,34+,40+/m0/s1. The zero-order valence-electron chi connectivity index (χ0n) is 28.5. The molecule has 4 aliphatic rings. The Morgan fingerprint density at radius 2 is 1.76 bits per heavy atom. The summed E-state index contributed by atoms with van der Waals surface area (Å²) in [6, 6.07) is 18.7. The Hall–Kier alpha value is -4.80. The zero-order valence-corrected chi connectivity index (χ0v) is 30.1. The average Bonchev–Trinajstić information content (AvgIpc) is 3.78. The van der Waals surface area contributed by atoms with Crippen molar-refractivity contribution in [2.75, 3.05) is 11.4 Å². The Bertz CT molecular complexity index is 2430. The summed E-state index contributed by atoms with van der Waals surface area (Å²) in [7, 11) is 1.73. The van der Waals surface area contributed by atoms with Crippen LogP contribution in [0.15, 0.2) is 72.3 Å². The van der Waals surface area contributed by atoms with Crippen LogP contribution in [-0.2, 0) is 26.2 Å². The highest BCUT2D eigenvalue weighted by Crippen LogP contribution is 2.65. The molecule has 1 N–H and O–H groups in total. The number of hydrogen-bond acceptors (Lipinski definition) is 7. The quantitative estimate of drug-likeness (QED) is 0.153. The molecule has 2 saturated heterocycles. The Labute approximate surface area is 303 Å². The van der Waals surface area contributed by atoms with Crippen LogP contribution in [0.3, 0.4) is 0 Å². The smallest absolute Gasteiger partial charge is 0.242 e. The lowest BCUT2D eigenvalue weighted by atomic mass is 9.51. The molecule has 2 aliphatic carbocycles. The number of amides is 4. The molecule has 51 heavy (non-hydrogen) atoms. The van der Waals surface area contributed by atoms with Crippen LogP contribution in [0.4, 0.5) is 5.82 Å². The first kappa shape index (κ1) is 32.1. The molecular weight excluding hydrogens is 684 g/mol. The number of phenols is 1. The number of hydrogen-bond donors (Lipinski definition) is 1. The van der Waals surface area contributed by atoms with Crippen molar-refractivity contribution in [1.29, 1.82) is 0 Å². The molecule has 0 radical (unpaired) electrons. The Kier molecular flexibility index (Phi) is 6.99. The summed E-state index contributed by atoms with van der Waals surface area (Å²) in [6.07, 6.45) is 2.61. The summed E-state index contributed by atoms with van der Waals surface area (Å²) in [5.41, 5.74) is 1.75. The predicted octanol–water partition coefficient (Wildman–Crippen LogP) is 7.37. The maximum Gasteiger partial charge on any atom is 0.242 e. The number of fused-ring (bicyclic) bond motifs is 6. The van der Waals surface area contributed by atoms with Crippen molar-refractivity contribution in [3.8, 4) is 16.3 Å². The topological polar surface area (TPSA) is 113 Å². The molecule has 5 aromatic rings. The minimum atomic E-state index is -1.31. The minimum Gasteiger partial charge on any atom is -0.508 e. The minimum absolute atomic E-state index is 0.0215. The number of aromatic nitrogens is 2. The van der Waals surface area contributed by atoms with Gasteiger partial charge in [-0.05, 0) is 85.5 Å². The van der Waals surface area contributed by atoms with Crippen molar-refractivity contribution in [3.05, 3.63) is 88.5 Å². The van der Waals surface area contributed by atoms with E-state index >= 15 is 4.79 Å². The van der Waals surface area contributed by atoms with Crippen LogP contribution in [-0.4, -0.2) is 50.0 Å². The number of thiophene rings is 1. The van der Waals surface area contributed by atoms with E-state index in [1.807, 2.05) is 68.5 Å². The van der Waals surface area contributed by atoms with E-state index < -0.39 is 35.0 Å². The first-order valence-corrected chi connectivity index (χ1v) is 18.5. The van der Waals surface area contributed by atoms with Gasteiger partial charge < -0.3 is 5.11 Å². The van der Waals surface area contributed by atoms with Crippen LogP contribution in [0.1, 0.15) is 43.7 Å². The predicted molar refractivity (Wildman–Crippen MR) is 196 cm³/mol. The highest BCUT2D eigenvalue weighted by molar-refractivity contribution is 7.22. The van der Waals surface area contributed by atoms with Crippen molar-refractivity contribution in [3.63, 3.8) is 0 Å². The number of rotatable bonds is 4. The number of anilines is 1. The third-order valence-electron chi connectivity index (χ3n) is 12.1. The first-order chi connectivity index (χ1) is 24.4. The molecule has 2 aromatic heterocycles. The Balaban J connectivity index is 1.22. The van der Waals surface area contributed by atoms with Crippen LogP contribution < -0.4 is 4.90 Å². The van der Waals surface area contributed by atoms with E-state index in [-0.39, 0.29) is 42.3 Å². The molecule has 1 saturated carbocycles. The fourth-order valence-corrected chi connectivity index (χ4v) is 11.0. The van der Waals surface area contributed by atoms with E-state index in [0.29, 0.717) is 28.5 Å². The molecule has 0 unspecified atom stereocenters.